The van der Waals surface area contributed by atoms with Gasteiger partial charge in [0.25, 0.3) is 0 Å². The van der Waals surface area contributed by atoms with Gasteiger partial charge in [-0.05, 0) is 43.2 Å². The quantitative estimate of drug-likeness (QED) is 0.639. The number of anilines is 2. The number of aryl methyl sites for hydroxylation is 2. The van der Waals surface area contributed by atoms with Gasteiger partial charge in [-0.15, -0.1) is 0 Å². The molecule has 26 heavy (non-hydrogen) atoms. The van der Waals surface area contributed by atoms with Gasteiger partial charge in [0.15, 0.2) is 5.13 Å². The molecule has 136 valence electrons. The van der Waals surface area contributed by atoms with Crippen LogP contribution in [0, 0.1) is 13.8 Å². The van der Waals surface area contributed by atoms with Gasteiger partial charge >= 0.3 is 0 Å². The molecule has 0 aliphatic carbocycles. The number of ether oxygens (including phenoxy) is 1. The Bertz CT molecular complexity index is 948. The van der Waals surface area contributed by atoms with E-state index in [2.05, 4.69) is 41.8 Å². The van der Waals surface area contributed by atoms with Gasteiger partial charge in [0.05, 0.1) is 11.8 Å². The number of piperazine rings is 1. The van der Waals surface area contributed by atoms with E-state index >= 15 is 0 Å². The lowest BCUT2D eigenvalue weighted by atomic mass is 10.1. The number of fused-ring (bicyclic) bond motifs is 1. The highest BCUT2D eigenvalue weighted by Gasteiger charge is 2.22. The molecule has 0 amide bonds. The Hall–Kier alpha value is -1.98. The van der Waals surface area contributed by atoms with Crippen LogP contribution in [-0.2, 0) is 0 Å². The van der Waals surface area contributed by atoms with E-state index in [4.69, 9.17) is 21.3 Å². The second kappa shape index (κ2) is 6.97. The van der Waals surface area contributed by atoms with Crippen LogP contribution in [0.1, 0.15) is 11.1 Å². The number of rotatable bonds is 3. The third-order valence-electron chi connectivity index (χ3n) is 4.97. The third kappa shape index (κ3) is 3.10. The first-order valence-electron chi connectivity index (χ1n) is 8.77. The number of methoxy groups -OCH3 is 1. The van der Waals surface area contributed by atoms with Gasteiger partial charge in [-0.3, -0.25) is 0 Å². The molecular formula is C20H22ClN3OS. The molecule has 0 unspecified atom stereocenters. The summed E-state index contributed by atoms with van der Waals surface area (Å²) in [6.45, 7) is 8.10. The smallest absolute Gasteiger partial charge is 0.186 e. The van der Waals surface area contributed by atoms with Crippen molar-refractivity contribution in [2.24, 2.45) is 0 Å². The van der Waals surface area contributed by atoms with Crippen molar-refractivity contribution in [3.05, 3.63) is 46.5 Å². The zero-order chi connectivity index (χ0) is 18.3. The Labute approximate surface area is 163 Å². The van der Waals surface area contributed by atoms with Gasteiger partial charge < -0.3 is 14.5 Å². The first-order valence-corrected chi connectivity index (χ1v) is 9.96. The highest BCUT2D eigenvalue weighted by molar-refractivity contribution is 7.22. The maximum atomic E-state index is 6.19. The fourth-order valence-corrected chi connectivity index (χ4v) is 4.73. The molecule has 0 N–H and O–H groups in total. The van der Waals surface area contributed by atoms with Crippen LogP contribution < -0.4 is 14.5 Å². The third-order valence-corrected chi connectivity index (χ3v) is 6.46. The highest BCUT2D eigenvalue weighted by Crippen LogP contribution is 2.37. The Morgan fingerprint density at radius 2 is 1.69 bits per heavy atom. The summed E-state index contributed by atoms with van der Waals surface area (Å²) >= 11 is 7.95. The number of benzene rings is 2. The van der Waals surface area contributed by atoms with Crippen LogP contribution in [0.4, 0.5) is 10.8 Å². The van der Waals surface area contributed by atoms with Gasteiger partial charge in [-0.2, -0.15) is 0 Å². The first-order chi connectivity index (χ1) is 12.6. The van der Waals surface area contributed by atoms with Crippen molar-refractivity contribution >= 4 is 44.0 Å². The number of nitrogens with zero attached hydrogens (tertiary/aromatic N) is 3. The lowest BCUT2D eigenvalue weighted by Crippen LogP contribution is -2.46. The fourth-order valence-electron chi connectivity index (χ4n) is 3.46. The van der Waals surface area contributed by atoms with Crippen LogP contribution in [0.5, 0.6) is 5.75 Å². The van der Waals surface area contributed by atoms with Crippen LogP contribution in [0.2, 0.25) is 5.02 Å². The minimum absolute atomic E-state index is 0.793. The van der Waals surface area contributed by atoms with Crippen molar-refractivity contribution in [1.82, 2.24) is 4.98 Å². The number of hydrogen-bond acceptors (Lipinski definition) is 5. The van der Waals surface area contributed by atoms with E-state index in [9.17, 15) is 0 Å². The van der Waals surface area contributed by atoms with E-state index in [1.54, 1.807) is 18.4 Å². The molecule has 1 aliphatic rings. The summed E-state index contributed by atoms with van der Waals surface area (Å²) in [5.74, 6) is 0.848. The minimum atomic E-state index is 0.793. The van der Waals surface area contributed by atoms with Gasteiger partial charge in [0, 0.05) is 36.9 Å². The molecule has 2 aromatic carbocycles. The molecule has 4 rings (SSSR count). The minimum Gasteiger partial charge on any atom is -0.494 e. The lowest BCUT2D eigenvalue weighted by molar-refractivity contribution is 0.419. The lowest BCUT2D eigenvalue weighted by Gasteiger charge is -2.36. The molecular weight excluding hydrogens is 366 g/mol. The van der Waals surface area contributed by atoms with Crippen LogP contribution >= 0.6 is 22.9 Å². The van der Waals surface area contributed by atoms with Crippen LogP contribution in [-0.4, -0.2) is 38.3 Å². The SMILES string of the molecule is COc1ccc(C)c2sc(N3CCN(c4cc(Cl)ccc4C)CC3)nc12. The number of thiazole rings is 1. The Kier molecular flexibility index (Phi) is 4.67. The van der Waals surface area contributed by atoms with E-state index in [0.29, 0.717) is 0 Å². The summed E-state index contributed by atoms with van der Waals surface area (Å²) in [6.07, 6.45) is 0. The second-order valence-corrected chi connectivity index (χ2v) is 8.08. The second-order valence-electron chi connectivity index (χ2n) is 6.66. The van der Waals surface area contributed by atoms with Crippen molar-refractivity contribution in [3.8, 4) is 5.75 Å². The van der Waals surface area contributed by atoms with Crippen molar-refractivity contribution in [1.29, 1.82) is 0 Å². The Morgan fingerprint density at radius 1 is 1.00 bits per heavy atom. The zero-order valence-corrected chi connectivity index (χ0v) is 16.8. The molecule has 3 aromatic rings. The molecule has 2 heterocycles. The van der Waals surface area contributed by atoms with E-state index in [-0.39, 0.29) is 0 Å². The zero-order valence-electron chi connectivity index (χ0n) is 15.3. The highest BCUT2D eigenvalue weighted by atomic mass is 35.5. The molecule has 1 aromatic heterocycles. The molecule has 0 spiro atoms. The maximum absolute atomic E-state index is 6.19. The summed E-state index contributed by atoms with van der Waals surface area (Å²) in [4.78, 5) is 9.67. The van der Waals surface area contributed by atoms with Crippen molar-refractivity contribution in [2.75, 3.05) is 43.1 Å². The van der Waals surface area contributed by atoms with Crippen LogP contribution in [0.25, 0.3) is 10.2 Å². The fraction of sp³-hybridized carbons (Fsp3) is 0.350. The first kappa shape index (κ1) is 17.4. The average molecular weight is 388 g/mol. The molecule has 0 bridgehead atoms. The summed E-state index contributed by atoms with van der Waals surface area (Å²) in [6, 6.07) is 10.2. The van der Waals surface area contributed by atoms with Crippen LogP contribution in [0.15, 0.2) is 30.3 Å². The van der Waals surface area contributed by atoms with E-state index < -0.39 is 0 Å². The summed E-state index contributed by atoms with van der Waals surface area (Å²) < 4.78 is 6.70. The summed E-state index contributed by atoms with van der Waals surface area (Å²) in [5, 5.41) is 1.87. The molecule has 0 radical (unpaired) electrons. The van der Waals surface area contributed by atoms with Gasteiger partial charge in [-0.25, -0.2) is 4.98 Å². The van der Waals surface area contributed by atoms with Gasteiger partial charge in [-0.1, -0.05) is 35.1 Å². The monoisotopic (exact) mass is 387 g/mol. The standard InChI is InChI=1S/C20H22ClN3OS/c1-13-4-6-15(21)12-16(13)23-8-10-24(11-9-23)20-22-18-17(25-3)7-5-14(2)19(18)26-20/h4-7,12H,8-11H2,1-3H3. The Morgan fingerprint density at radius 3 is 2.42 bits per heavy atom. The van der Waals surface area contributed by atoms with Gasteiger partial charge in [0.2, 0.25) is 0 Å². The van der Waals surface area contributed by atoms with Crippen molar-refractivity contribution in [3.63, 3.8) is 0 Å². The molecule has 6 heteroatoms. The normalized spacial score (nSPS) is 14.9. The maximum Gasteiger partial charge on any atom is 0.186 e. The van der Waals surface area contributed by atoms with E-state index in [1.807, 2.05) is 12.1 Å². The number of hydrogen-bond donors (Lipinski definition) is 0. The largest absolute Gasteiger partial charge is 0.494 e. The van der Waals surface area contributed by atoms with Gasteiger partial charge in [0.1, 0.15) is 11.3 Å². The number of aromatic nitrogens is 1. The molecule has 1 fully saturated rings. The topological polar surface area (TPSA) is 28.6 Å². The number of halogens is 1. The molecule has 4 nitrogen and oxygen atoms in total. The predicted octanol–water partition coefficient (Wildman–Crippen LogP) is 4.90. The predicted molar refractivity (Wildman–Crippen MR) is 112 cm³/mol. The van der Waals surface area contributed by atoms with Crippen molar-refractivity contribution < 1.29 is 4.74 Å². The average Bonchev–Trinajstić information content (AvgIpc) is 3.11. The van der Waals surface area contributed by atoms with Crippen LogP contribution in [0.3, 0.4) is 0 Å². The molecule has 1 saturated heterocycles. The Balaban J connectivity index is 1.56. The summed E-state index contributed by atoms with van der Waals surface area (Å²) in [5.41, 5.74) is 4.72. The molecule has 0 atom stereocenters. The summed E-state index contributed by atoms with van der Waals surface area (Å²) in [7, 11) is 1.70. The molecule has 0 saturated carbocycles. The van der Waals surface area contributed by atoms with E-state index in [1.165, 1.54) is 21.5 Å². The van der Waals surface area contributed by atoms with Crippen molar-refractivity contribution in [2.45, 2.75) is 13.8 Å². The molecule has 1 aliphatic heterocycles. The van der Waals surface area contributed by atoms with E-state index in [0.717, 1.165) is 47.6 Å².